The molecule has 4 rings (SSSR count). The summed E-state index contributed by atoms with van der Waals surface area (Å²) in [6, 6.07) is 20.6. The van der Waals surface area contributed by atoms with Gasteiger partial charge >= 0.3 is 0 Å². The van der Waals surface area contributed by atoms with Crippen LogP contribution in [0.4, 0.5) is 10.5 Å². The number of ether oxygens (including phenoxy) is 1. The summed E-state index contributed by atoms with van der Waals surface area (Å²) in [6.45, 7) is 0.0290. The van der Waals surface area contributed by atoms with E-state index < -0.39 is 0 Å². The maximum Gasteiger partial charge on any atom is 0.293 e. The van der Waals surface area contributed by atoms with Crippen molar-refractivity contribution in [1.82, 2.24) is 4.90 Å². The van der Waals surface area contributed by atoms with Gasteiger partial charge in [-0.1, -0.05) is 48.5 Å². The number of nitrogens with zero attached hydrogens (tertiary/aromatic N) is 1. The van der Waals surface area contributed by atoms with Crippen LogP contribution in [0.1, 0.15) is 12.0 Å². The van der Waals surface area contributed by atoms with E-state index in [4.69, 9.17) is 4.74 Å². The Bertz CT molecular complexity index is 1180. The van der Waals surface area contributed by atoms with Crippen molar-refractivity contribution < 1.29 is 19.1 Å². The Labute approximate surface area is 183 Å². The number of hydrogen-bond acceptors (Lipinski definition) is 5. The zero-order valence-electron chi connectivity index (χ0n) is 16.8. The summed E-state index contributed by atoms with van der Waals surface area (Å²) < 4.78 is 5.12. The van der Waals surface area contributed by atoms with E-state index in [1.807, 2.05) is 54.6 Å². The molecule has 1 aliphatic heterocycles. The van der Waals surface area contributed by atoms with Crippen LogP contribution in [-0.2, 0) is 9.59 Å². The first-order chi connectivity index (χ1) is 15.0. The Kier molecular flexibility index (Phi) is 6.04. The van der Waals surface area contributed by atoms with Gasteiger partial charge in [0.25, 0.3) is 11.1 Å². The molecule has 31 heavy (non-hydrogen) atoms. The van der Waals surface area contributed by atoms with Crippen LogP contribution in [-0.4, -0.2) is 35.6 Å². The average molecular weight is 433 g/mol. The van der Waals surface area contributed by atoms with Crippen molar-refractivity contribution in [3.8, 4) is 5.75 Å². The molecular weight excluding hydrogens is 412 g/mol. The van der Waals surface area contributed by atoms with Gasteiger partial charge in [0.2, 0.25) is 5.91 Å². The third-order valence-electron chi connectivity index (χ3n) is 4.91. The van der Waals surface area contributed by atoms with Gasteiger partial charge in [-0.05, 0) is 47.0 Å². The SMILES string of the molecule is COc1ccc(C=C2SC(=O)N(CCC(=O)Nc3cccc4ccccc34)C2=O)cc1. The molecule has 0 saturated carbocycles. The van der Waals surface area contributed by atoms with Gasteiger partial charge in [-0.3, -0.25) is 19.3 Å². The van der Waals surface area contributed by atoms with Crippen molar-refractivity contribution in [3.05, 3.63) is 77.2 Å². The third kappa shape index (κ3) is 4.62. The number of fused-ring (bicyclic) bond motifs is 1. The van der Waals surface area contributed by atoms with Crippen LogP contribution in [0.15, 0.2) is 71.6 Å². The zero-order chi connectivity index (χ0) is 21.8. The Morgan fingerprint density at radius 2 is 1.77 bits per heavy atom. The van der Waals surface area contributed by atoms with E-state index in [0.717, 1.165) is 33.0 Å². The van der Waals surface area contributed by atoms with Crippen molar-refractivity contribution in [2.45, 2.75) is 6.42 Å². The minimum absolute atomic E-state index is 0.0249. The minimum Gasteiger partial charge on any atom is -0.497 e. The second-order valence-corrected chi connectivity index (χ2v) is 7.92. The molecule has 1 saturated heterocycles. The maximum absolute atomic E-state index is 12.6. The maximum atomic E-state index is 12.6. The number of benzene rings is 3. The van der Waals surface area contributed by atoms with Crippen LogP contribution in [0, 0.1) is 0 Å². The van der Waals surface area contributed by atoms with Gasteiger partial charge in [-0.15, -0.1) is 0 Å². The van der Waals surface area contributed by atoms with Gasteiger partial charge < -0.3 is 10.1 Å². The molecule has 0 aliphatic carbocycles. The summed E-state index contributed by atoms with van der Waals surface area (Å²) in [5.74, 6) is 0.0702. The number of carbonyl (C=O) groups excluding carboxylic acids is 3. The van der Waals surface area contributed by atoms with E-state index in [9.17, 15) is 14.4 Å². The predicted octanol–water partition coefficient (Wildman–Crippen LogP) is 4.91. The highest BCUT2D eigenvalue weighted by atomic mass is 32.2. The van der Waals surface area contributed by atoms with E-state index in [-0.39, 0.29) is 30.0 Å². The molecule has 156 valence electrons. The van der Waals surface area contributed by atoms with E-state index >= 15 is 0 Å². The number of rotatable bonds is 6. The lowest BCUT2D eigenvalue weighted by molar-refractivity contribution is -0.123. The number of carbonyl (C=O) groups is 3. The lowest BCUT2D eigenvalue weighted by Crippen LogP contribution is -2.31. The fourth-order valence-corrected chi connectivity index (χ4v) is 4.17. The number of thioether (sulfide) groups is 1. The lowest BCUT2D eigenvalue weighted by Gasteiger charge is -2.13. The normalized spacial score (nSPS) is 15.0. The number of methoxy groups -OCH3 is 1. The molecule has 0 bridgehead atoms. The van der Waals surface area contributed by atoms with Crippen molar-refractivity contribution in [3.63, 3.8) is 0 Å². The van der Waals surface area contributed by atoms with Gasteiger partial charge in [-0.2, -0.15) is 0 Å². The topological polar surface area (TPSA) is 75.7 Å². The number of hydrogen-bond donors (Lipinski definition) is 1. The lowest BCUT2D eigenvalue weighted by atomic mass is 10.1. The number of imide groups is 1. The molecule has 3 aromatic carbocycles. The second kappa shape index (κ2) is 9.06. The molecular formula is C24H20N2O4S. The first kappa shape index (κ1) is 20.7. The van der Waals surface area contributed by atoms with Crippen molar-refractivity contribution in [2.24, 2.45) is 0 Å². The minimum atomic E-state index is -0.385. The molecule has 1 N–H and O–H groups in total. The van der Waals surface area contributed by atoms with Crippen LogP contribution in [0.5, 0.6) is 5.75 Å². The summed E-state index contributed by atoms with van der Waals surface area (Å²) in [5, 5.41) is 4.47. The second-order valence-electron chi connectivity index (χ2n) is 6.93. The van der Waals surface area contributed by atoms with E-state index in [2.05, 4.69) is 5.32 Å². The fraction of sp³-hybridized carbons (Fsp3) is 0.125. The largest absolute Gasteiger partial charge is 0.497 e. The first-order valence-corrected chi connectivity index (χ1v) is 10.5. The van der Waals surface area contributed by atoms with E-state index in [1.165, 1.54) is 0 Å². The molecule has 0 aromatic heterocycles. The number of anilines is 1. The van der Waals surface area contributed by atoms with Crippen molar-refractivity contribution >= 4 is 51.4 Å². The van der Waals surface area contributed by atoms with Crippen LogP contribution >= 0.6 is 11.8 Å². The summed E-state index contributed by atoms with van der Waals surface area (Å²) in [4.78, 5) is 38.9. The number of nitrogens with one attached hydrogen (secondary N) is 1. The summed E-state index contributed by atoms with van der Waals surface area (Å²) in [5.41, 5.74) is 1.50. The Balaban J connectivity index is 1.40. The smallest absolute Gasteiger partial charge is 0.293 e. The van der Waals surface area contributed by atoms with E-state index in [0.29, 0.717) is 16.3 Å². The molecule has 0 atom stereocenters. The molecule has 1 heterocycles. The molecule has 3 aromatic rings. The monoisotopic (exact) mass is 432 g/mol. The molecule has 0 spiro atoms. The van der Waals surface area contributed by atoms with E-state index in [1.54, 1.807) is 25.3 Å². The highest BCUT2D eigenvalue weighted by molar-refractivity contribution is 8.18. The molecule has 7 heteroatoms. The van der Waals surface area contributed by atoms with Gasteiger partial charge in [0.05, 0.1) is 12.0 Å². The number of amides is 3. The van der Waals surface area contributed by atoms with Gasteiger partial charge in [0, 0.05) is 24.0 Å². The van der Waals surface area contributed by atoms with Crippen LogP contribution in [0.3, 0.4) is 0 Å². The van der Waals surface area contributed by atoms with Gasteiger partial charge in [-0.25, -0.2) is 0 Å². The summed E-state index contributed by atoms with van der Waals surface area (Å²) in [6.07, 6.45) is 1.69. The highest BCUT2D eigenvalue weighted by Crippen LogP contribution is 2.32. The summed E-state index contributed by atoms with van der Waals surface area (Å²) >= 11 is 0.880. The molecule has 3 amide bonds. The Morgan fingerprint density at radius 3 is 2.55 bits per heavy atom. The standard InChI is InChI=1S/C24H20N2O4S/c1-30-18-11-9-16(10-12-18)15-21-23(28)26(24(29)31-21)14-13-22(27)25-20-8-4-6-17-5-2-3-7-19(17)20/h2-12,15H,13-14H2,1H3,(H,25,27). The Hall–Kier alpha value is -3.58. The molecule has 0 radical (unpaired) electrons. The average Bonchev–Trinajstić information content (AvgIpc) is 3.05. The van der Waals surface area contributed by atoms with Gasteiger partial charge in [0.15, 0.2) is 0 Å². The molecule has 1 aliphatic rings. The van der Waals surface area contributed by atoms with Crippen LogP contribution in [0.2, 0.25) is 0 Å². The molecule has 1 fully saturated rings. The third-order valence-corrected chi connectivity index (χ3v) is 5.82. The predicted molar refractivity (Wildman–Crippen MR) is 123 cm³/mol. The summed E-state index contributed by atoms with van der Waals surface area (Å²) in [7, 11) is 1.58. The van der Waals surface area contributed by atoms with Gasteiger partial charge in [0.1, 0.15) is 5.75 Å². The first-order valence-electron chi connectivity index (χ1n) is 9.72. The quantitative estimate of drug-likeness (QED) is 0.560. The molecule has 6 nitrogen and oxygen atoms in total. The van der Waals surface area contributed by atoms with Crippen LogP contribution in [0.25, 0.3) is 16.8 Å². The zero-order valence-corrected chi connectivity index (χ0v) is 17.6. The fourth-order valence-electron chi connectivity index (χ4n) is 3.30. The highest BCUT2D eigenvalue weighted by Gasteiger charge is 2.35. The van der Waals surface area contributed by atoms with Crippen molar-refractivity contribution in [1.29, 1.82) is 0 Å². The molecule has 0 unspecified atom stereocenters. The Morgan fingerprint density at radius 1 is 1.03 bits per heavy atom. The van der Waals surface area contributed by atoms with Crippen LogP contribution < -0.4 is 10.1 Å². The van der Waals surface area contributed by atoms with Crippen molar-refractivity contribution in [2.75, 3.05) is 19.0 Å².